The monoisotopic (exact) mass is 358 g/mol. The van der Waals surface area contributed by atoms with E-state index in [0.29, 0.717) is 24.7 Å². The Morgan fingerprint density at radius 2 is 1.04 bits per heavy atom. The van der Waals surface area contributed by atoms with Crippen molar-refractivity contribution in [2.75, 3.05) is 0 Å². The van der Waals surface area contributed by atoms with Gasteiger partial charge in [0, 0.05) is 0 Å². The summed E-state index contributed by atoms with van der Waals surface area (Å²) in [6.07, 6.45) is 0.919. The second-order valence-corrected chi connectivity index (χ2v) is 8.98. The molecule has 0 aliphatic heterocycles. The molecule has 6 nitrogen and oxygen atoms in total. The summed E-state index contributed by atoms with van der Waals surface area (Å²) in [6, 6.07) is -0.845. The summed E-state index contributed by atoms with van der Waals surface area (Å²) in [6.45, 7) is 14.6. The Bertz CT molecular complexity index is 394. The maximum absolute atomic E-state index is 12.2. The highest BCUT2D eigenvalue weighted by atomic mass is 16.3. The van der Waals surface area contributed by atoms with Gasteiger partial charge in [-0.15, -0.1) is 0 Å². The fourth-order valence-corrected chi connectivity index (χ4v) is 2.63. The lowest BCUT2D eigenvalue weighted by Crippen LogP contribution is -2.53. The average Bonchev–Trinajstić information content (AvgIpc) is 2.33. The van der Waals surface area contributed by atoms with E-state index in [0.717, 1.165) is 0 Å². The number of hydrogen-bond donors (Lipinski definition) is 4. The van der Waals surface area contributed by atoms with Crippen LogP contribution in [-0.2, 0) is 9.59 Å². The van der Waals surface area contributed by atoms with Crippen LogP contribution in [0.4, 0.5) is 0 Å². The quantitative estimate of drug-likeness (QED) is 0.449. The normalized spacial score (nSPS) is 15.2. The van der Waals surface area contributed by atoms with Crippen molar-refractivity contribution in [1.82, 2.24) is 10.6 Å². The molecule has 0 rings (SSSR count). The molecule has 4 N–H and O–H groups in total. The van der Waals surface area contributed by atoms with E-state index in [9.17, 15) is 19.8 Å². The Balaban J connectivity index is 4.78. The summed E-state index contributed by atoms with van der Waals surface area (Å²) < 4.78 is 0. The van der Waals surface area contributed by atoms with Crippen LogP contribution in [-0.4, -0.2) is 45.3 Å². The van der Waals surface area contributed by atoms with Gasteiger partial charge in [0.15, 0.2) is 0 Å². The molecule has 0 saturated carbocycles. The molecule has 0 aromatic rings. The highest BCUT2D eigenvalue weighted by Crippen LogP contribution is 2.18. The largest absolute Gasteiger partial charge is 0.388 e. The molecule has 0 aromatic heterocycles. The van der Waals surface area contributed by atoms with Crippen molar-refractivity contribution in [2.24, 2.45) is 11.8 Å². The minimum Gasteiger partial charge on any atom is -0.388 e. The van der Waals surface area contributed by atoms with Crippen molar-refractivity contribution in [3.8, 4) is 0 Å². The average molecular weight is 359 g/mol. The van der Waals surface area contributed by atoms with Crippen molar-refractivity contribution < 1.29 is 19.8 Å². The summed E-state index contributed by atoms with van der Waals surface area (Å²) in [5.41, 5.74) is -2.13. The molecule has 0 unspecified atom stereocenters. The van der Waals surface area contributed by atoms with Crippen LogP contribution in [0.15, 0.2) is 0 Å². The molecule has 0 heterocycles. The van der Waals surface area contributed by atoms with Crippen LogP contribution in [0, 0.1) is 11.8 Å². The third-order valence-corrected chi connectivity index (χ3v) is 4.11. The molecule has 2 atom stereocenters. The zero-order chi connectivity index (χ0) is 20.0. The summed E-state index contributed by atoms with van der Waals surface area (Å²) in [5.74, 6) is -0.249. The van der Waals surface area contributed by atoms with Gasteiger partial charge in [0.1, 0.15) is 6.42 Å². The number of amides is 2. The molecule has 25 heavy (non-hydrogen) atoms. The molecular weight excluding hydrogens is 320 g/mol. The second kappa shape index (κ2) is 9.53. The molecule has 0 bridgehead atoms. The Morgan fingerprint density at radius 1 is 0.760 bits per heavy atom. The molecule has 2 amide bonds. The summed E-state index contributed by atoms with van der Waals surface area (Å²) >= 11 is 0. The lowest BCUT2D eigenvalue weighted by molar-refractivity contribution is -0.132. The molecule has 0 fully saturated rings. The summed E-state index contributed by atoms with van der Waals surface area (Å²) in [7, 11) is 0. The minimum atomic E-state index is -1.07. The highest BCUT2D eigenvalue weighted by Gasteiger charge is 2.31. The smallest absolute Gasteiger partial charge is 0.229 e. The zero-order valence-corrected chi connectivity index (χ0v) is 17.1. The fourth-order valence-electron chi connectivity index (χ4n) is 2.63. The van der Waals surface area contributed by atoms with Gasteiger partial charge in [0.25, 0.3) is 0 Å². The Kier molecular flexibility index (Phi) is 9.09. The first-order chi connectivity index (χ1) is 11.1. The maximum atomic E-state index is 12.2. The van der Waals surface area contributed by atoms with Gasteiger partial charge in [0.2, 0.25) is 11.8 Å². The van der Waals surface area contributed by atoms with Gasteiger partial charge >= 0.3 is 0 Å². The van der Waals surface area contributed by atoms with Gasteiger partial charge < -0.3 is 20.8 Å². The first-order valence-corrected chi connectivity index (χ1v) is 9.16. The standard InChI is InChI=1S/C19H38N2O4/c1-12(2)9-14(18(5,6)24)20-16(22)11-17(23)21-15(10-13(3)4)19(7,8)25/h12-15,24-25H,9-11H2,1-8H3,(H,20,22)(H,21,23)/t14-,15-/m1/s1. The van der Waals surface area contributed by atoms with E-state index in [1.165, 1.54) is 0 Å². The van der Waals surface area contributed by atoms with Crippen LogP contribution in [0.1, 0.15) is 74.7 Å². The van der Waals surface area contributed by atoms with Crippen LogP contribution >= 0.6 is 0 Å². The molecule has 0 radical (unpaired) electrons. The van der Waals surface area contributed by atoms with Crippen LogP contribution in [0.3, 0.4) is 0 Å². The van der Waals surface area contributed by atoms with E-state index >= 15 is 0 Å². The topological polar surface area (TPSA) is 98.7 Å². The first kappa shape index (κ1) is 23.9. The van der Waals surface area contributed by atoms with E-state index < -0.39 is 35.1 Å². The van der Waals surface area contributed by atoms with Crippen molar-refractivity contribution in [1.29, 1.82) is 0 Å². The molecule has 6 heteroatoms. The second-order valence-electron chi connectivity index (χ2n) is 8.98. The first-order valence-electron chi connectivity index (χ1n) is 9.16. The molecule has 0 saturated heterocycles. The number of aliphatic hydroxyl groups is 2. The van der Waals surface area contributed by atoms with Crippen LogP contribution in [0.25, 0.3) is 0 Å². The highest BCUT2D eigenvalue weighted by molar-refractivity contribution is 5.97. The minimum absolute atomic E-state index is 0.302. The lowest BCUT2D eigenvalue weighted by atomic mass is 9.90. The van der Waals surface area contributed by atoms with E-state index in [2.05, 4.69) is 10.6 Å². The van der Waals surface area contributed by atoms with E-state index in [-0.39, 0.29) is 6.42 Å². The number of nitrogens with one attached hydrogen (secondary N) is 2. The van der Waals surface area contributed by atoms with Gasteiger partial charge in [0.05, 0.1) is 23.3 Å². The van der Waals surface area contributed by atoms with Crippen LogP contribution in [0.2, 0.25) is 0 Å². The maximum Gasteiger partial charge on any atom is 0.229 e. The Labute approximate surface area is 152 Å². The number of carbonyl (C=O) groups is 2. The third kappa shape index (κ3) is 10.4. The van der Waals surface area contributed by atoms with Crippen molar-refractivity contribution in [3.05, 3.63) is 0 Å². The Morgan fingerprint density at radius 3 is 1.24 bits per heavy atom. The predicted molar refractivity (Wildman–Crippen MR) is 100.0 cm³/mol. The zero-order valence-electron chi connectivity index (χ0n) is 17.1. The van der Waals surface area contributed by atoms with Crippen molar-refractivity contribution >= 4 is 11.8 Å². The number of carbonyl (C=O) groups excluding carboxylic acids is 2. The summed E-state index contributed by atoms with van der Waals surface area (Å²) in [4.78, 5) is 24.4. The number of rotatable bonds is 10. The van der Waals surface area contributed by atoms with Crippen molar-refractivity contribution in [3.63, 3.8) is 0 Å². The third-order valence-electron chi connectivity index (χ3n) is 4.11. The molecule has 0 aliphatic rings. The van der Waals surface area contributed by atoms with Crippen LogP contribution < -0.4 is 10.6 Å². The molecular formula is C19H38N2O4. The van der Waals surface area contributed by atoms with Gasteiger partial charge in [-0.2, -0.15) is 0 Å². The van der Waals surface area contributed by atoms with Crippen molar-refractivity contribution in [2.45, 2.75) is 97.9 Å². The van der Waals surface area contributed by atoms with E-state index in [4.69, 9.17) is 0 Å². The summed E-state index contributed by atoms with van der Waals surface area (Å²) in [5, 5.41) is 25.9. The Hall–Kier alpha value is -1.14. The van der Waals surface area contributed by atoms with Gasteiger partial charge in [-0.1, -0.05) is 27.7 Å². The number of hydrogen-bond acceptors (Lipinski definition) is 4. The molecule has 0 aromatic carbocycles. The van der Waals surface area contributed by atoms with Gasteiger partial charge in [-0.3, -0.25) is 9.59 Å². The SMILES string of the molecule is CC(C)C[C@@H](NC(=O)CC(=O)N[C@H](CC(C)C)C(C)(C)O)C(C)(C)O. The predicted octanol–water partition coefficient (Wildman–Crippen LogP) is 1.98. The molecule has 0 aliphatic carbocycles. The fraction of sp³-hybridized carbons (Fsp3) is 0.895. The van der Waals surface area contributed by atoms with E-state index in [1.54, 1.807) is 27.7 Å². The van der Waals surface area contributed by atoms with E-state index in [1.807, 2.05) is 27.7 Å². The lowest BCUT2D eigenvalue weighted by Gasteiger charge is -2.32. The van der Waals surface area contributed by atoms with Gasteiger partial charge in [-0.25, -0.2) is 0 Å². The molecule has 148 valence electrons. The molecule has 0 spiro atoms. The van der Waals surface area contributed by atoms with Gasteiger partial charge in [-0.05, 0) is 52.4 Å². The van der Waals surface area contributed by atoms with Crippen LogP contribution in [0.5, 0.6) is 0 Å².